The molecule has 1 atom stereocenters. The van der Waals surface area contributed by atoms with Crippen LogP contribution in [0.15, 0.2) is 60.0 Å². The van der Waals surface area contributed by atoms with Gasteiger partial charge in [0.05, 0.1) is 24.0 Å². The number of carbonyl (C=O) groups is 1. The molecule has 0 fully saturated rings. The summed E-state index contributed by atoms with van der Waals surface area (Å²) in [4.78, 5) is 14.8. The van der Waals surface area contributed by atoms with E-state index in [9.17, 15) is 13.2 Å². The van der Waals surface area contributed by atoms with Crippen LogP contribution in [0, 0.1) is 0 Å². The van der Waals surface area contributed by atoms with Crippen LogP contribution in [0.4, 0.5) is 5.69 Å². The number of anilines is 1. The van der Waals surface area contributed by atoms with Crippen molar-refractivity contribution < 1.29 is 17.9 Å². The Bertz CT molecular complexity index is 956. The second-order valence-electron chi connectivity index (χ2n) is 5.81. The van der Waals surface area contributed by atoms with Crippen molar-refractivity contribution in [3.8, 4) is 5.75 Å². The van der Waals surface area contributed by atoms with Crippen LogP contribution in [0.2, 0.25) is 5.02 Å². The second-order valence-corrected chi connectivity index (χ2v) is 8.18. The van der Waals surface area contributed by atoms with E-state index in [-0.39, 0.29) is 11.7 Å². The average Bonchev–Trinajstić information content (AvgIpc) is 2.95. The van der Waals surface area contributed by atoms with Crippen molar-refractivity contribution in [2.75, 3.05) is 17.3 Å². The van der Waals surface area contributed by atoms with Crippen LogP contribution in [0.1, 0.15) is 17.3 Å². The Hall–Kier alpha value is -2.31. The van der Waals surface area contributed by atoms with Crippen molar-refractivity contribution in [1.82, 2.24) is 0 Å². The number of sulfone groups is 1. The summed E-state index contributed by atoms with van der Waals surface area (Å²) in [5.41, 5.74) is 0.896. The molecule has 0 N–H and O–H groups in total. The molecule has 0 aromatic heterocycles. The maximum atomic E-state index is 13.3. The molecule has 136 valence electrons. The smallest absolute Gasteiger partial charge is 0.262 e. The summed E-state index contributed by atoms with van der Waals surface area (Å²) in [6, 6.07) is 13.1. The summed E-state index contributed by atoms with van der Waals surface area (Å²) in [6.07, 6.45) is 1.53. The highest BCUT2D eigenvalue weighted by atomic mass is 35.5. The standard InChI is InChI=1S/C19H18ClNO4S/c1-2-25-18-9-4-3-8-17(18)19(22)21(15-7-5-6-14(20)12-15)16-10-11-26(23,24)13-16/h3-12,16H,2,13H2,1H3. The van der Waals surface area contributed by atoms with Gasteiger partial charge in [-0.1, -0.05) is 29.8 Å². The molecule has 0 saturated heterocycles. The molecule has 0 spiro atoms. The molecule has 0 aliphatic carbocycles. The van der Waals surface area contributed by atoms with Gasteiger partial charge in [-0.2, -0.15) is 0 Å². The van der Waals surface area contributed by atoms with Gasteiger partial charge < -0.3 is 9.64 Å². The third kappa shape index (κ3) is 3.92. The number of ether oxygens (including phenoxy) is 1. The molecular formula is C19H18ClNO4S. The van der Waals surface area contributed by atoms with Crippen molar-refractivity contribution in [3.05, 3.63) is 70.6 Å². The Balaban J connectivity index is 2.07. The van der Waals surface area contributed by atoms with Gasteiger partial charge in [0.25, 0.3) is 5.91 Å². The molecule has 0 saturated carbocycles. The third-order valence-corrected chi connectivity index (χ3v) is 5.58. The molecule has 1 aliphatic rings. The summed E-state index contributed by atoms with van der Waals surface area (Å²) in [6.45, 7) is 2.25. The number of carbonyl (C=O) groups excluding carboxylic acids is 1. The Labute approximate surface area is 157 Å². The van der Waals surface area contributed by atoms with E-state index in [1.807, 2.05) is 6.92 Å². The molecule has 7 heteroatoms. The molecule has 26 heavy (non-hydrogen) atoms. The van der Waals surface area contributed by atoms with Crippen LogP contribution in [0.5, 0.6) is 5.75 Å². The van der Waals surface area contributed by atoms with Gasteiger partial charge in [-0.3, -0.25) is 4.79 Å². The summed E-state index contributed by atoms with van der Waals surface area (Å²) in [7, 11) is -3.33. The zero-order chi connectivity index (χ0) is 18.7. The molecule has 2 aromatic carbocycles. The van der Waals surface area contributed by atoms with E-state index in [2.05, 4.69) is 0 Å². The number of halogens is 1. The van der Waals surface area contributed by atoms with E-state index in [4.69, 9.17) is 16.3 Å². The Kier molecular flexibility index (Phi) is 5.34. The molecule has 0 radical (unpaired) electrons. The lowest BCUT2D eigenvalue weighted by Gasteiger charge is -2.28. The molecular weight excluding hydrogens is 374 g/mol. The minimum atomic E-state index is -3.33. The highest BCUT2D eigenvalue weighted by Gasteiger charge is 2.33. The van der Waals surface area contributed by atoms with E-state index in [1.54, 1.807) is 48.5 Å². The summed E-state index contributed by atoms with van der Waals surface area (Å²) in [5.74, 6) is -0.0536. The van der Waals surface area contributed by atoms with Crippen molar-refractivity contribution in [3.63, 3.8) is 0 Å². The number of benzene rings is 2. The number of hydrogen-bond donors (Lipinski definition) is 0. The largest absolute Gasteiger partial charge is 0.493 e. The number of nitrogens with zero attached hydrogens (tertiary/aromatic N) is 1. The monoisotopic (exact) mass is 391 g/mol. The molecule has 1 heterocycles. The van der Waals surface area contributed by atoms with Gasteiger partial charge in [-0.25, -0.2) is 8.42 Å². The van der Waals surface area contributed by atoms with Crippen molar-refractivity contribution >= 4 is 33.0 Å². The fourth-order valence-corrected chi connectivity index (χ4v) is 4.31. The van der Waals surface area contributed by atoms with Crippen molar-refractivity contribution in [2.45, 2.75) is 13.0 Å². The SMILES string of the molecule is CCOc1ccccc1C(=O)N(c1cccc(Cl)c1)C1C=CS(=O)(=O)C1. The fourth-order valence-electron chi connectivity index (χ4n) is 2.86. The molecule has 1 unspecified atom stereocenters. The normalized spacial score (nSPS) is 17.8. The lowest BCUT2D eigenvalue weighted by atomic mass is 10.1. The van der Waals surface area contributed by atoms with E-state index >= 15 is 0 Å². The van der Waals surface area contributed by atoms with Gasteiger partial charge in [0, 0.05) is 16.1 Å². The lowest BCUT2D eigenvalue weighted by molar-refractivity contribution is 0.0979. The van der Waals surface area contributed by atoms with Crippen molar-refractivity contribution in [2.24, 2.45) is 0 Å². The predicted octanol–water partition coefficient (Wildman–Crippen LogP) is 3.70. The van der Waals surface area contributed by atoms with Crippen LogP contribution in [-0.2, 0) is 9.84 Å². The number of rotatable bonds is 5. The summed E-state index contributed by atoms with van der Waals surface area (Å²) >= 11 is 6.08. The van der Waals surface area contributed by atoms with E-state index in [0.717, 1.165) is 5.41 Å². The lowest BCUT2D eigenvalue weighted by Crippen LogP contribution is -2.41. The maximum absolute atomic E-state index is 13.3. The van der Waals surface area contributed by atoms with E-state index in [0.29, 0.717) is 28.6 Å². The first-order valence-corrected chi connectivity index (χ1v) is 10.2. The molecule has 1 aliphatic heterocycles. The first kappa shape index (κ1) is 18.5. The minimum Gasteiger partial charge on any atom is -0.493 e. The van der Waals surface area contributed by atoms with Gasteiger partial charge in [0.1, 0.15) is 5.75 Å². The molecule has 5 nitrogen and oxygen atoms in total. The second kappa shape index (κ2) is 7.51. The number of hydrogen-bond acceptors (Lipinski definition) is 4. The Morgan fingerprint density at radius 3 is 2.65 bits per heavy atom. The molecule has 1 amide bonds. The fraction of sp³-hybridized carbons (Fsp3) is 0.211. The van der Waals surface area contributed by atoms with Gasteiger partial charge in [-0.15, -0.1) is 0 Å². The van der Waals surface area contributed by atoms with Crippen LogP contribution in [0.3, 0.4) is 0 Å². The maximum Gasteiger partial charge on any atom is 0.262 e. The Morgan fingerprint density at radius 1 is 1.23 bits per heavy atom. The number of para-hydroxylation sites is 1. The van der Waals surface area contributed by atoms with Gasteiger partial charge in [-0.05, 0) is 43.3 Å². The highest BCUT2D eigenvalue weighted by molar-refractivity contribution is 7.94. The third-order valence-electron chi connectivity index (χ3n) is 3.97. The average molecular weight is 392 g/mol. The number of amides is 1. The summed E-state index contributed by atoms with van der Waals surface area (Å²) < 4.78 is 29.4. The molecule has 3 rings (SSSR count). The van der Waals surface area contributed by atoms with Crippen molar-refractivity contribution in [1.29, 1.82) is 0 Å². The van der Waals surface area contributed by atoms with Gasteiger partial charge in [0.15, 0.2) is 9.84 Å². The van der Waals surface area contributed by atoms with Crippen LogP contribution in [0.25, 0.3) is 0 Å². The zero-order valence-corrected chi connectivity index (χ0v) is 15.7. The molecule has 2 aromatic rings. The van der Waals surface area contributed by atoms with Gasteiger partial charge >= 0.3 is 0 Å². The quantitative estimate of drug-likeness (QED) is 0.779. The zero-order valence-electron chi connectivity index (χ0n) is 14.1. The van der Waals surface area contributed by atoms with E-state index < -0.39 is 15.9 Å². The van der Waals surface area contributed by atoms with E-state index in [1.165, 1.54) is 11.0 Å². The summed E-state index contributed by atoms with van der Waals surface area (Å²) in [5, 5.41) is 1.61. The highest BCUT2D eigenvalue weighted by Crippen LogP contribution is 2.29. The Morgan fingerprint density at radius 2 is 2.00 bits per heavy atom. The van der Waals surface area contributed by atoms with Crippen LogP contribution in [-0.4, -0.2) is 32.7 Å². The topological polar surface area (TPSA) is 63.7 Å². The predicted molar refractivity (Wildman–Crippen MR) is 103 cm³/mol. The molecule has 0 bridgehead atoms. The minimum absolute atomic E-state index is 0.165. The van der Waals surface area contributed by atoms with Crippen LogP contribution < -0.4 is 9.64 Å². The van der Waals surface area contributed by atoms with Gasteiger partial charge in [0.2, 0.25) is 0 Å². The first-order valence-electron chi connectivity index (χ1n) is 8.13. The van der Waals surface area contributed by atoms with Crippen LogP contribution >= 0.6 is 11.6 Å². The first-order chi connectivity index (χ1) is 12.4.